The van der Waals surface area contributed by atoms with Gasteiger partial charge >= 0.3 is 0 Å². The minimum atomic E-state index is -0.853. The lowest BCUT2D eigenvalue weighted by Crippen LogP contribution is -2.23. The van der Waals surface area contributed by atoms with Crippen molar-refractivity contribution in [3.63, 3.8) is 0 Å². The zero-order valence-corrected chi connectivity index (χ0v) is 9.63. The van der Waals surface area contributed by atoms with Gasteiger partial charge in [0.25, 0.3) is 0 Å². The van der Waals surface area contributed by atoms with Gasteiger partial charge in [-0.25, -0.2) is 0 Å². The first-order valence-corrected chi connectivity index (χ1v) is 5.70. The summed E-state index contributed by atoms with van der Waals surface area (Å²) in [5.41, 5.74) is -0.853. The summed E-state index contributed by atoms with van der Waals surface area (Å²) >= 11 is 0. The molecule has 2 nitrogen and oxygen atoms in total. The molecule has 2 heteroatoms. The molecular formula is C13H21NO. The Balaban J connectivity index is 2.30. The Morgan fingerprint density at radius 2 is 2.13 bits per heavy atom. The third-order valence-electron chi connectivity index (χ3n) is 2.69. The third-order valence-corrected chi connectivity index (χ3v) is 2.69. The first kappa shape index (κ1) is 12.3. The number of allylic oxidation sites excluding steroid dienone is 1. The van der Waals surface area contributed by atoms with E-state index in [-0.39, 0.29) is 0 Å². The van der Waals surface area contributed by atoms with Crippen LogP contribution in [0.2, 0.25) is 0 Å². The normalized spacial score (nSPS) is 20.4. The topological polar surface area (TPSA) is 23.5 Å². The van der Waals surface area contributed by atoms with Crippen LogP contribution >= 0.6 is 0 Å². The van der Waals surface area contributed by atoms with Crippen molar-refractivity contribution in [3.05, 3.63) is 12.7 Å². The van der Waals surface area contributed by atoms with Gasteiger partial charge in [0.2, 0.25) is 0 Å². The van der Waals surface area contributed by atoms with Crippen LogP contribution in [-0.4, -0.2) is 35.2 Å². The Morgan fingerprint density at radius 3 is 2.73 bits per heavy atom. The molecule has 1 aliphatic heterocycles. The number of likely N-dealkylation sites (tertiary alicyclic amines) is 1. The van der Waals surface area contributed by atoms with Crippen LogP contribution in [0.3, 0.4) is 0 Å². The number of rotatable bonds is 4. The van der Waals surface area contributed by atoms with Crippen LogP contribution in [0.5, 0.6) is 0 Å². The van der Waals surface area contributed by atoms with E-state index < -0.39 is 5.60 Å². The lowest BCUT2D eigenvalue weighted by Gasteiger charge is -2.15. The van der Waals surface area contributed by atoms with Gasteiger partial charge in [-0.1, -0.05) is 17.9 Å². The number of nitrogens with zero attached hydrogens (tertiary/aromatic N) is 1. The Hall–Kier alpha value is -0.780. The molecular weight excluding hydrogens is 186 g/mol. The molecule has 1 aliphatic rings. The highest BCUT2D eigenvalue weighted by Gasteiger charge is 2.15. The maximum Gasteiger partial charge on any atom is 0.123 e. The second-order valence-corrected chi connectivity index (χ2v) is 4.39. The minimum Gasteiger partial charge on any atom is -0.378 e. The van der Waals surface area contributed by atoms with Gasteiger partial charge in [0.1, 0.15) is 5.60 Å². The summed E-state index contributed by atoms with van der Waals surface area (Å²) in [6.07, 6.45) is 5.87. The van der Waals surface area contributed by atoms with Gasteiger partial charge in [0, 0.05) is 0 Å². The highest BCUT2D eigenvalue weighted by Crippen LogP contribution is 2.11. The summed E-state index contributed by atoms with van der Waals surface area (Å²) in [6, 6.07) is 0. The lowest BCUT2D eigenvalue weighted by molar-refractivity contribution is 0.113. The van der Waals surface area contributed by atoms with Crippen LogP contribution in [0.1, 0.15) is 32.6 Å². The Labute approximate surface area is 93.0 Å². The highest BCUT2D eigenvalue weighted by atomic mass is 16.3. The standard InChI is InChI=1S/C13H21NO/c1-3-4-8-13(2,15)9-7-12-14-10-5-6-11-14/h3,15H,1,4-6,8,10-12H2,2H3. The second kappa shape index (κ2) is 5.95. The minimum absolute atomic E-state index is 0.670. The Morgan fingerprint density at radius 1 is 1.47 bits per heavy atom. The number of hydrogen-bond donors (Lipinski definition) is 1. The van der Waals surface area contributed by atoms with Crippen molar-refractivity contribution in [1.29, 1.82) is 0 Å². The van der Waals surface area contributed by atoms with Crippen molar-refractivity contribution in [2.24, 2.45) is 0 Å². The monoisotopic (exact) mass is 207 g/mol. The molecule has 84 valence electrons. The maximum absolute atomic E-state index is 9.88. The predicted molar refractivity (Wildman–Crippen MR) is 63.5 cm³/mol. The molecule has 0 bridgehead atoms. The summed E-state index contributed by atoms with van der Waals surface area (Å²) in [4.78, 5) is 2.33. The van der Waals surface area contributed by atoms with Crippen molar-refractivity contribution >= 4 is 0 Å². The van der Waals surface area contributed by atoms with E-state index in [2.05, 4.69) is 23.3 Å². The van der Waals surface area contributed by atoms with E-state index in [4.69, 9.17) is 0 Å². The lowest BCUT2D eigenvalue weighted by atomic mass is 10.0. The molecule has 0 aromatic carbocycles. The molecule has 0 radical (unpaired) electrons. The fourth-order valence-electron chi connectivity index (χ4n) is 1.73. The van der Waals surface area contributed by atoms with Gasteiger partial charge in [-0.3, -0.25) is 4.90 Å². The molecule has 0 spiro atoms. The van der Waals surface area contributed by atoms with E-state index in [1.807, 2.05) is 6.08 Å². The van der Waals surface area contributed by atoms with Gasteiger partial charge < -0.3 is 5.11 Å². The van der Waals surface area contributed by atoms with Crippen molar-refractivity contribution in [2.75, 3.05) is 19.6 Å². The molecule has 0 saturated carbocycles. The zero-order valence-electron chi connectivity index (χ0n) is 9.63. The number of aliphatic hydroxyl groups is 1. The van der Waals surface area contributed by atoms with E-state index in [0.717, 1.165) is 26.1 Å². The van der Waals surface area contributed by atoms with Gasteiger partial charge in [-0.2, -0.15) is 0 Å². The predicted octanol–water partition coefficient (Wildman–Crippen LogP) is 1.80. The van der Waals surface area contributed by atoms with E-state index >= 15 is 0 Å². The van der Waals surface area contributed by atoms with E-state index in [1.165, 1.54) is 12.8 Å². The van der Waals surface area contributed by atoms with Crippen LogP contribution in [-0.2, 0) is 0 Å². The average Bonchev–Trinajstić information content (AvgIpc) is 2.67. The molecule has 1 saturated heterocycles. The molecule has 0 amide bonds. The summed E-state index contributed by atoms with van der Waals surface area (Å²) < 4.78 is 0. The zero-order chi connectivity index (χ0) is 11.1. The van der Waals surface area contributed by atoms with Crippen LogP contribution in [0, 0.1) is 11.8 Å². The van der Waals surface area contributed by atoms with Gasteiger partial charge in [-0.05, 0) is 45.7 Å². The molecule has 1 atom stereocenters. The summed E-state index contributed by atoms with van der Waals surface area (Å²) in [5.74, 6) is 6.00. The van der Waals surface area contributed by atoms with Crippen LogP contribution in [0.25, 0.3) is 0 Å². The van der Waals surface area contributed by atoms with Crippen molar-refractivity contribution in [1.82, 2.24) is 4.90 Å². The molecule has 0 aromatic heterocycles. The fraction of sp³-hybridized carbons (Fsp3) is 0.692. The van der Waals surface area contributed by atoms with E-state index in [9.17, 15) is 5.11 Å². The first-order chi connectivity index (χ1) is 7.14. The SMILES string of the molecule is C=CCCC(C)(O)C#CCN1CCCC1. The fourth-order valence-corrected chi connectivity index (χ4v) is 1.73. The van der Waals surface area contributed by atoms with Crippen molar-refractivity contribution in [3.8, 4) is 11.8 Å². The molecule has 1 unspecified atom stereocenters. The van der Waals surface area contributed by atoms with Crippen LogP contribution in [0.15, 0.2) is 12.7 Å². The highest BCUT2D eigenvalue weighted by molar-refractivity contribution is 5.13. The molecule has 0 aromatic rings. The van der Waals surface area contributed by atoms with E-state index in [1.54, 1.807) is 6.92 Å². The number of hydrogen-bond acceptors (Lipinski definition) is 2. The van der Waals surface area contributed by atoms with Gasteiger partial charge in [0.15, 0.2) is 0 Å². The average molecular weight is 207 g/mol. The second-order valence-electron chi connectivity index (χ2n) is 4.39. The quantitative estimate of drug-likeness (QED) is 0.561. The van der Waals surface area contributed by atoms with Crippen LogP contribution in [0.4, 0.5) is 0 Å². The molecule has 1 rings (SSSR count). The summed E-state index contributed by atoms with van der Waals surface area (Å²) in [7, 11) is 0. The molecule has 1 heterocycles. The molecule has 0 aliphatic carbocycles. The largest absolute Gasteiger partial charge is 0.378 e. The van der Waals surface area contributed by atoms with Gasteiger partial charge in [0.05, 0.1) is 6.54 Å². The van der Waals surface area contributed by atoms with Crippen molar-refractivity contribution in [2.45, 2.75) is 38.2 Å². The van der Waals surface area contributed by atoms with Crippen LogP contribution < -0.4 is 0 Å². The summed E-state index contributed by atoms with van der Waals surface area (Å²) in [5, 5.41) is 9.88. The molecule has 15 heavy (non-hydrogen) atoms. The molecule has 1 N–H and O–H groups in total. The Bertz CT molecular complexity index is 253. The smallest absolute Gasteiger partial charge is 0.123 e. The summed E-state index contributed by atoms with van der Waals surface area (Å²) in [6.45, 7) is 8.52. The Kier molecular flexibility index (Phi) is 4.87. The van der Waals surface area contributed by atoms with Crippen molar-refractivity contribution < 1.29 is 5.11 Å². The maximum atomic E-state index is 9.88. The van der Waals surface area contributed by atoms with Gasteiger partial charge in [-0.15, -0.1) is 6.58 Å². The first-order valence-electron chi connectivity index (χ1n) is 5.70. The third kappa shape index (κ3) is 5.01. The molecule has 1 fully saturated rings. The van der Waals surface area contributed by atoms with E-state index in [0.29, 0.717) is 6.42 Å².